The van der Waals surface area contributed by atoms with Gasteiger partial charge in [-0.1, -0.05) is 70.3 Å². The van der Waals surface area contributed by atoms with Crippen LogP contribution in [0.4, 0.5) is 0 Å². The SMILES string of the molecule is COC(CCCCCCCCCCCCC[SiH3])(OC)OC. The number of ether oxygens (including phenoxy) is 3. The van der Waals surface area contributed by atoms with Crippen molar-refractivity contribution in [2.75, 3.05) is 21.3 Å². The Balaban J connectivity index is 3.29. The lowest BCUT2D eigenvalue weighted by Crippen LogP contribution is -2.35. The highest BCUT2D eigenvalue weighted by Gasteiger charge is 2.28. The molecule has 21 heavy (non-hydrogen) atoms. The molecule has 0 unspecified atom stereocenters. The number of methoxy groups -OCH3 is 3. The van der Waals surface area contributed by atoms with E-state index in [1.807, 2.05) is 0 Å². The molecule has 0 aromatic carbocycles. The van der Waals surface area contributed by atoms with Gasteiger partial charge in [-0.15, -0.1) is 0 Å². The van der Waals surface area contributed by atoms with Crippen LogP contribution in [0, 0.1) is 0 Å². The lowest BCUT2D eigenvalue weighted by molar-refractivity contribution is -0.355. The van der Waals surface area contributed by atoms with Gasteiger partial charge >= 0.3 is 0 Å². The molecule has 0 spiro atoms. The second-order valence-corrected chi connectivity index (χ2v) is 6.93. The zero-order valence-corrected chi connectivity index (χ0v) is 16.9. The lowest BCUT2D eigenvalue weighted by Gasteiger charge is -2.28. The molecular weight excluding hydrogens is 280 g/mol. The average Bonchev–Trinajstić information content (AvgIpc) is 2.53. The minimum Gasteiger partial charge on any atom is -0.331 e. The first kappa shape index (κ1) is 21.1. The molecule has 3 nitrogen and oxygen atoms in total. The molecule has 0 aliphatic rings. The van der Waals surface area contributed by atoms with Gasteiger partial charge in [0.25, 0.3) is 5.97 Å². The third-order valence-electron chi connectivity index (χ3n) is 4.27. The molecule has 4 heteroatoms. The van der Waals surface area contributed by atoms with Crippen molar-refractivity contribution in [1.29, 1.82) is 0 Å². The zero-order chi connectivity index (χ0) is 15.8. The Bertz CT molecular complexity index is 200. The first-order valence-electron chi connectivity index (χ1n) is 8.90. The van der Waals surface area contributed by atoms with Crippen LogP contribution in [0.1, 0.15) is 77.0 Å². The summed E-state index contributed by atoms with van der Waals surface area (Å²) in [5.41, 5.74) is 0. The summed E-state index contributed by atoms with van der Waals surface area (Å²) in [6, 6.07) is 1.48. The molecule has 128 valence electrons. The normalized spacial score (nSPS) is 12.1. The Hall–Kier alpha value is 0.0969. The van der Waals surface area contributed by atoms with Crippen molar-refractivity contribution in [2.45, 2.75) is 89.1 Å². The van der Waals surface area contributed by atoms with Crippen molar-refractivity contribution in [3.8, 4) is 0 Å². The summed E-state index contributed by atoms with van der Waals surface area (Å²) in [5.74, 6) is -0.832. The third kappa shape index (κ3) is 11.3. The molecule has 0 aliphatic carbocycles. The molecule has 0 amide bonds. The first-order valence-corrected chi connectivity index (χ1v) is 10.3. The minimum atomic E-state index is -0.832. The summed E-state index contributed by atoms with van der Waals surface area (Å²) in [5, 5.41) is 0. The molecule has 0 aromatic rings. The molecule has 0 fully saturated rings. The van der Waals surface area contributed by atoms with Crippen molar-refractivity contribution < 1.29 is 14.2 Å². The molecule has 0 rings (SSSR count). The van der Waals surface area contributed by atoms with Gasteiger partial charge < -0.3 is 14.2 Å². The molecule has 0 bridgehead atoms. The van der Waals surface area contributed by atoms with Crippen LogP contribution in [0.25, 0.3) is 0 Å². The van der Waals surface area contributed by atoms with Gasteiger partial charge in [0.1, 0.15) is 0 Å². The fourth-order valence-electron chi connectivity index (χ4n) is 2.74. The van der Waals surface area contributed by atoms with Gasteiger partial charge in [0.2, 0.25) is 0 Å². The molecule has 0 aliphatic heterocycles. The number of hydrogen-bond acceptors (Lipinski definition) is 3. The van der Waals surface area contributed by atoms with Crippen LogP contribution in [-0.2, 0) is 14.2 Å². The summed E-state index contributed by atoms with van der Waals surface area (Å²) in [4.78, 5) is 0. The molecule has 0 radical (unpaired) electrons. The van der Waals surface area contributed by atoms with Crippen LogP contribution < -0.4 is 0 Å². The van der Waals surface area contributed by atoms with E-state index in [1.165, 1.54) is 80.5 Å². The largest absolute Gasteiger partial charge is 0.331 e. The van der Waals surface area contributed by atoms with Crippen LogP contribution in [0.2, 0.25) is 6.04 Å². The fourth-order valence-corrected chi connectivity index (χ4v) is 3.24. The van der Waals surface area contributed by atoms with Crippen LogP contribution in [-0.4, -0.2) is 37.5 Å². The second kappa shape index (κ2) is 15.0. The topological polar surface area (TPSA) is 27.7 Å². The molecule has 0 atom stereocenters. The summed E-state index contributed by atoms with van der Waals surface area (Å²) in [6.45, 7) is 0. The van der Waals surface area contributed by atoms with Crippen LogP contribution >= 0.6 is 0 Å². The van der Waals surface area contributed by atoms with Crippen molar-refractivity contribution in [1.82, 2.24) is 0 Å². The van der Waals surface area contributed by atoms with E-state index in [9.17, 15) is 0 Å². The van der Waals surface area contributed by atoms with E-state index in [4.69, 9.17) is 14.2 Å². The lowest BCUT2D eigenvalue weighted by atomic mass is 10.0. The van der Waals surface area contributed by atoms with Crippen LogP contribution in [0.15, 0.2) is 0 Å². The maximum atomic E-state index is 5.29. The Morgan fingerprint density at radius 3 is 1.24 bits per heavy atom. The predicted octanol–water partition coefficient (Wildman–Crippen LogP) is 4.04. The van der Waals surface area contributed by atoms with Gasteiger partial charge in [-0.3, -0.25) is 0 Å². The van der Waals surface area contributed by atoms with Gasteiger partial charge in [-0.25, -0.2) is 0 Å². The molecule has 0 heterocycles. The highest BCUT2D eigenvalue weighted by Crippen LogP contribution is 2.21. The van der Waals surface area contributed by atoms with E-state index in [-0.39, 0.29) is 0 Å². The van der Waals surface area contributed by atoms with E-state index in [0.29, 0.717) is 0 Å². The molecule has 0 saturated carbocycles. The van der Waals surface area contributed by atoms with Crippen molar-refractivity contribution in [3.05, 3.63) is 0 Å². The summed E-state index contributed by atoms with van der Waals surface area (Å²) in [7, 11) is 6.29. The van der Waals surface area contributed by atoms with Gasteiger partial charge in [0.15, 0.2) is 0 Å². The highest BCUT2D eigenvalue weighted by atomic mass is 28.1. The Kier molecular flexibility index (Phi) is 15.1. The monoisotopic (exact) mass is 318 g/mol. The molecule has 0 N–H and O–H groups in total. The Morgan fingerprint density at radius 1 is 0.571 bits per heavy atom. The van der Waals surface area contributed by atoms with Gasteiger partial charge in [0.05, 0.1) is 0 Å². The maximum Gasteiger partial charge on any atom is 0.282 e. The van der Waals surface area contributed by atoms with E-state index < -0.39 is 5.97 Å². The summed E-state index contributed by atoms with van der Waals surface area (Å²) >= 11 is 0. The Labute approximate surface area is 135 Å². The predicted molar refractivity (Wildman–Crippen MR) is 93.9 cm³/mol. The summed E-state index contributed by atoms with van der Waals surface area (Å²) < 4.78 is 15.9. The van der Waals surface area contributed by atoms with E-state index in [2.05, 4.69) is 0 Å². The third-order valence-corrected chi connectivity index (χ3v) is 4.98. The Morgan fingerprint density at radius 2 is 0.905 bits per heavy atom. The van der Waals surface area contributed by atoms with Crippen molar-refractivity contribution in [3.63, 3.8) is 0 Å². The van der Waals surface area contributed by atoms with E-state index in [1.54, 1.807) is 21.3 Å². The van der Waals surface area contributed by atoms with E-state index in [0.717, 1.165) is 12.8 Å². The van der Waals surface area contributed by atoms with Crippen molar-refractivity contribution in [2.24, 2.45) is 0 Å². The minimum absolute atomic E-state index is 0.802. The second-order valence-electron chi connectivity index (χ2n) is 5.93. The van der Waals surface area contributed by atoms with Gasteiger partial charge in [-0.05, 0) is 6.42 Å². The highest BCUT2D eigenvalue weighted by molar-refractivity contribution is 6.08. The average molecular weight is 319 g/mol. The zero-order valence-electron chi connectivity index (χ0n) is 14.9. The van der Waals surface area contributed by atoms with Crippen LogP contribution in [0.3, 0.4) is 0 Å². The van der Waals surface area contributed by atoms with Gasteiger partial charge in [-0.2, -0.15) is 0 Å². The van der Waals surface area contributed by atoms with Crippen molar-refractivity contribution >= 4 is 10.2 Å². The fraction of sp³-hybridized carbons (Fsp3) is 1.00. The number of unbranched alkanes of at least 4 members (excludes halogenated alkanes) is 10. The number of rotatable bonds is 16. The van der Waals surface area contributed by atoms with Gasteiger partial charge in [0, 0.05) is 38.0 Å². The summed E-state index contributed by atoms with van der Waals surface area (Å²) in [6.07, 6.45) is 15.9. The quantitative estimate of drug-likeness (QED) is 0.244. The molecular formula is C17H38O3Si. The first-order chi connectivity index (χ1) is 10.2. The molecule has 0 saturated heterocycles. The molecule has 0 aromatic heterocycles. The van der Waals surface area contributed by atoms with E-state index >= 15 is 0 Å². The smallest absolute Gasteiger partial charge is 0.282 e. The number of hydrogen-bond donors (Lipinski definition) is 0. The maximum absolute atomic E-state index is 5.29. The standard InChI is InChI=1S/C17H38O3Si/c1-18-17(19-2,20-3)15-13-11-9-7-5-4-6-8-10-12-14-16-21/h4-16H2,1-3,21H3. The van der Waals surface area contributed by atoms with Crippen LogP contribution in [0.5, 0.6) is 0 Å².